The Kier molecular flexibility index (Phi) is 2.82. The first-order valence-corrected chi connectivity index (χ1v) is 4.10. The summed E-state index contributed by atoms with van der Waals surface area (Å²) in [6.45, 7) is 3.69. The van der Waals surface area contributed by atoms with Gasteiger partial charge in [0.1, 0.15) is 11.4 Å². The van der Waals surface area contributed by atoms with Crippen LogP contribution in [0.2, 0.25) is 5.15 Å². The number of aryl methyl sites for hydroxylation is 1. The normalized spacial score (nSPS) is 12.6. The second kappa shape index (κ2) is 3.68. The largest absolute Gasteiger partial charge is 0.303 e. The van der Waals surface area contributed by atoms with Gasteiger partial charge in [0.25, 0.3) is 0 Å². The molecule has 1 unspecified atom stereocenters. The number of pyridine rings is 1. The number of hydrogen-bond acceptors (Lipinski definition) is 2. The first-order chi connectivity index (χ1) is 5.63. The maximum absolute atomic E-state index is 10.5. The van der Waals surface area contributed by atoms with Crippen molar-refractivity contribution < 1.29 is 4.79 Å². The molecule has 1 heterocycles. The summed E-state index contributed by atoms with van der Waals surface area (Å²) in [5, 5.41) is 0.443. The number of carbonyl (C=O) groups excluding carboxylic acids is 1. The SMILES string of the molecule is Cc1cc(C(C)C=O)cc(Cl)n1. The summed E-state index contributed by atoms with van der Waals surface area (Å²) >= 11 is 5.72. The molecule has 0 saturated carbocycles. The molecule has 0 bridgehead atoms. The van der Waals surface area contributed by atoms with Crippen LogP contribution in [0.3, 0.4) is 0 Å². The Morgan fingerprint density at radius 3 is 2.75 bits per heavy atom. The molecule has 0 N–H and O–H groups in total. The van der Waals surface area contributed by atoms with Crippen LogP contribution in [0.5, 0.6) is 0 Å². The maximum Gasteiger partial charge on any atom is 0.129 e. The van der Waals surface area contributed by atoms with E-state index in [9.17, 15) is 4.79 Å². The molecule has 64 valence electrons. The molecule has 0 saturated heterocycles. The predicted octanol–water partition coefficient (Wildman–Crippen LogP) is 2.35. The molecule has 0 spiro atoms. The second-order valence-corrected chi connectivity index (χ2v) is 3.18. The number of aldehydes is 1. The van der Waals surface area contributed by atoms with E-state index < -0.39 is 0 Å². The van der Waals surface area contributed by atoms with Crippen molar-refractivity contribution in [2.24, 2.45) is 0 Å². The van der Waals surface area contributed by atoms with Crippen LogP contribution in [-0.4, -0.2) is 11.3 Å². The van der Waals surface area contributed by atoms with Crippen LogP contribution in [0.1, 0.15) is 24.1 Å². The molecular formula is C9H10ClNO. The average Bonchev–Trinajstić information content (AvgIpc) is 2.01. The van der Waals surface area contributed by atoms with E-state index in [4.69, 9.17) is 11.6 Å². The van der Waals surface area contributed by atoms with E-state index >= 15 is 0 Å². The summed E-state index contributed by atoms with van der Waals surface area (Å²) < 4.78 is 0. The molecule has 1 aromatic rings. The highest BCUT2D eigenvalue weighted by atomic mass is 35.5. The Morgan fingerprint density at radius 2 is 2.25 bits per heavy atom. The van der Waals surface area contributed by atoms with E-state index in [0.717, 1.165) is 17.5 Å². The Hall–Kier alpha value is -0.890. The van der Waals surface area contributed by atoms with Gasteiger partial charge >= 0.3 is 0 Å². The minimum atomic E-state index is -0.107. The molecule has 1 atom stereocenters. The van der Waals surface area contributed by atoms with E-state index in [1.807, 2.05) is 19.9 Å². The number of aromatic nitrogens is 1. The summed E-state index contributed by atoms with van der Waals surface area (Å²) in [5.41, 5.74) is 1.76. The molecule has 0 aliphatic carbocycles. The van der Waals surface area contributed by atoms with Crippen molar-refractivity contribution >= 4 is 17.9 Å². The average molecular weight is 184 g/mol. The fourth-order valence-electron chi connectivity index (χ4n) is 0.995. The Labute approximate surface area is 76.6 Å². The lowest BCUT2D eigenvalue weighted by molar-refractivity contribution is -0.108. The zero-order chi connectivity index (χ0) is 9.14. The number of carbonyl (C=O) groups is 1. The van der Waals surface area contributed by atoms with Crippen LogP contribution in [-0.2, 0) is 4.79 Å². The number of hydrogen-bond donors (Lipinski definition) is 0. The zero-order valence-electron chi connectivity index (χ0n) is 7.04. The van der Waals surface area contributed by atoms with E-state index in [0.29, 0.717) is 5.15 Å². The van der Waals surface area contributed by atoms with Gasteiger partial charge in [-0.25, -0.2) is 4.98 Å². The van der Waals surface area contributed by atoms with Crippen molar-refractivity contribution in [2.45, 2.75) is 19.8 Å². The van der Waals surface area contributed by atoms with Crippen molar-refractivity contribution in [1.82, 2.24) is 4.98 Å². The molecule has 12 heavy (non-hydrogen) atoms. The number of halogens is 1. The van der Waals surface area contributed by atoms with Crippen molar-refractivity contribution in [3.05, 3.63) is 28.5 Å². The van der Waals surface area contributed by atoms with E-state index in [1.54, 1.807) is 6.07 Å². The van der Waals surface area contributed by atoms with Crippen LogP contribution >= 0.6 is 11.6 Å². The van der Waals surface area contributed by atoms with Crippen molar-refractivity contribution in [3.8, 4) is 0 Å². The smallest absolute Gasteiger partial charge is 0.129 e. The minimum absolute atomic E-state index is 0.107. The molecule has 0 radical (unpaired) electrons. The first-order valence-electron chi connectivity index (χ1n) is 3.73. The quantitative estimate of drug-likeness (QED) is 0.521. The van der Waals surface area contributed by atoms with Gasteiger partial charge in [-0.3, -0.25) is 0 Å². The fraction of sp³-hybridized carbons (Fsp3) is 0.333. The third kappa shape index (κ3) is 2.05. The highest BCUT2D eigenvalue weighted by Gasteiger charge is 2.05. The second-order valence-electron chi connectivity index (χ2n) is 2.79. The Balaban J connectivity index is 3.08. The van der Waals surface area contributed by atoms with Gasteiger partial charge in [0.15, 0.2) is 0 Å². The van der Waals surface area contributed by atoms with Crippen LogP contribution in [0.15, 0.2) is 12.1 Å². The van der Waals surface area contributed by atoms with Gasteiger partial charge in [0, 0.05) is 11.6 Å². The molecular weight excluding hydrogens is 174 g/mol. The summed E-state index contributed by atoms with van der Waals surface area (Å²) in [5.74, 6) is -0.107. The summed E-state index contributed by atoms with van der Waals surface area (Å²) in [4.78, 5) is 14.5. The molecule has 3 heteroatoms. The molecule has 1 aromatic heterocycles. The molecule has 0 aromatic carbocycles. The predicted molar refractivity (Wildman–Crippen MR) is 48.5 cm³/mol. The molecule has 2 nitrogen and oxygen atoms in total. The van der Waals surface area contributed by atoms with Gasteiger partial charge in [0.05, 0.1) is 0 Å². The lowest BCUT2D eigenvalue weighted by Gasteiger charge is -2.04. The van der Waals surface area contributed by atoms with Crippen LogP contribution in [0.25, 0.3) is 0 Å². The van der Waals surface area contributed by atoms with E-state index in [-0.39, 0.29) is 5.92 Å². The Morgan fingerprint density at radius 1 is 1.58 bits per heavy atom. The number of nitrogens with zero attached hydrogens (tertiary/aromatic N) is 1. The third-order valence-corrected chi connectivity index (χ3v) is 1.87. The van der Waals surface area contributed by atoms with Crippen molar-refractivity contribution in [3.63, 3.8) is 0 Å². The summed E-state index contributed by atoms with van der Waals surface area (Å²) in [6.07, 6.45) is 0.894. The third-order valence-electron chi connectivity index (χ3n) is 1.67. The lowest BCUT2D eigenvalue weighted by atomic mass is 10.0. The lowest BCUT2D eigenvalue weighted by Crippen LogP contribution is -1.96. The maximum atomic E-state index is 10.5. The minimum Gasteiger partial charge on any atom is -0.303 e. The molecule has 1 rings (SSSR count). The topological polar surface area (TPSA) is 30.0 Å². The van der Waals surface area contributed by atoms with Gasteiger partial charge in [-0.15, -0.1) is 0 Å². The van der Waals surface area contributed by atoms with E-state index in [1.165, 1.54) is 0 Å². The highest BCUT2D eigenvalue weighted by molar-refractivity contribution is 6.29. The molecule has 0 aliphatic rings. The molecule has 0 amide bonds. The van der Waals surface area contributed by atoms with Crippen molar-refractivity contribution in [1.29, 1.82) is 0 Å². The monoisotopic (exact) mass is 183 g/mol. The van der Waals surface area contributed by atoms with Gasteiger partial charge in [-0.2, -0.15) is 0 Å². The number of rotatable bonds is 2. The zero-order valence-corrected chi connectivity index (χ0v) is 7.80. The van der Waals surface area contributed by atoms with Crippen LogP contribution in [0.4, 0.5) is 0 Å². The van der Waals surface area contributed by atoms with Gasteiger partial charge in [-0.1, -0.05) is 18.5 Å². The van der Waals surface area contributed by atoms with Gasteiger partial charge < -0.3 is 4.79 Å². The summed E-state index contributed by atoms with van der Waals surface area (Å²) in [7, 11) is 0. The Bertz CT molecular complexity index is 278. The standard InChI is InChI=1S/C9H10ClNO/c1-6(5-12)8-3-7(2)11-9(10)4-8/h3-6H,1-2H3. The first kappa shape index (κ1) is 9.20. The molecule has 0 fully saturated rings. The van der Waals surface area contributed by atoms with Crippen LogP contribution in [0, 0.1) is 6.92 Å². The van der Waals surface area contributed by atoms with Crippen molar-refractivity contribution in [2.75, 3.05) is 0 Å². The van der Waals surface area contributed by atoms with E-state index in [2.05, 4.69) is 4.98 Å². The van der Waals surface area contributed by atoms with Crippen LogP contribution < -0.4 is 0 Å². The fourth-order valence-corrected chi connectivity index (χ4v) is 1.25. The van der Waals surface area contributed by atoms with Gasteiger partial charge in [0.2, 0.25) is 0 Å². The molecule has 0 aliphatic heterocycles. The summed E-state index contributed by atoms with van der Waals surface area (Å²) in [6, 6.07) is 3.58. The van der Waals surface area contributed by atoms with Gasteiger partial charge in [-0.05, 0) is 24.6 Å². The highest BCUT2D eigenvalue weighted by Crippen LogP contribution is 2.17.